The third-order valence-corrected chi connectivity index (χ3v) is 2.31. The van der Waals surface area contributed by atoms with Crippen LogP contribution >= 0.6 is 7.59 Å². The standard InChI is InChI=1S/C4H15N6O2P/c1-9(2)4(11)10(3(5)6)13(7,8)12/h3H,5-6H2,1-2H3,(H4,7,8,12). The number of nitrogens with zero attached hydrogens (tertiary/aromatic N) is 2. The van der Waals surface area contributed by atoms with Gasteiger partial charge in [0.15, 0.2) is 0 Å². The molecule has 0 aliphatic heterocycles. The number of amides is 2. The van der Waals surface area contributed by atoms with E-state index in [-0.39, 0.29) is 0 Å². The second-order valence-electron chi connectivity index (χ2n) is 2.68. The maximum atomic E-state index is 11.3. The fourth-order valence-electron chi connectivity index (χ4n) is 0.675. The number of carbonyl (C=O) groups excluding carboxylic acids is 1. The molecular weight excluding hydrogens is 195 g/mol. The molecule has 0 aromatic heterocycles. The molecule has 0 unspecified atom stereocenters. The van der Waals surface area contributed by atoms with Crippen molar-refractivity contribution in [2.75, 3.05) is 14.1 Å². The third-order valence-electron chi connectivity index (χ3n) is 1.20. The molecule has 13 heavy (non-hydrogen) atoms. The first kappa shape index (κ1) is 12.3. The molecule has 0 atom stereocenters. The summed E-state index contributed by atoms with van der Waals surface area (Å²) < 4.78 is 11.7. The summed E-state index contributed by atoms with van der Waals surface area (Å²) in [5.41, 5.74) is 20.5. The summed E-state index contributed by atoms with van der Waals surface area (Å²) in [6.45, 7) is 0. The maximum Gasteiger partial charge on any atom is 0.329 e. The van der Waals surface area contributed by atoms with E-state index in [1.165, 1.54) is 14.1 Å². The first-order chi connectivity index (χ1) is 5.68. The summed E-state index contributed by atoms with van der Waals surface area (Å²) >= 11 is 0. The van der Waals surface area contributed by atoms with Crippen LogP contribution < -0.4 is 22.5 Å². The zero-order valence-electron chi connectivity index (χ0n) is 7.54. The lowest BCUT2D eigenvalue weighted by molar-refractivity contribution is 0.186. The number of nitrogens with two attached hydrogens (primary N) is 4. The quantitative estimate of drug-likeness (QED) is 0.312. The van der Waals surface area contributed by atoms with Gasteiger partial charge in [-0.2, -0.15) is 0 Å². The van der Waals surface area contributed by atoms with Gasteiger partial charge in [0.05, 0.1) is 0 Å². The van der Waals surface area contributed by atoms with E-state index < -0.39 is 19.9 Å². The van der Waals surface area contributed by atoms with Gasteiger partial charge in [0.1, 0.15) is 6.29 Å². The Kier molecular flexibility index (Phi) is 3.83. The monoisotopic (exact) mass is 210 g/mol. The lowest BCUT2D eigenvalue weighted by atomic mass is 10.7. The fraction of sp³-hybridized carbons (Fsp3) is 0.750. The number of carbonyl (C=O) groups is 1. The smallest absolute Gasteiger partial charge is 0.329 e. The summed E-state index contributed by atoms with van der Waals surface area (Å²) in [4.78, 5) is 12.4. The molecule has 0 bridgehead atoms. The Morgan fingerprint density at radius 3 is 1.77 bits per heavy atom. The van der Waals surface area contributed by atoms with Crippen molar-refractivity contribution >= 4 is 13.6 Å². The van der Waals surface area contributed by atoms with Gasteiger partial charge in [-0.05, 0) is 0 Å². The molecule has 0 radical (unpaired) electrons. The molecule has 8 nitrogen and oxygen atoms in total. The average molecular weight is 210 g/mol. The van der Waals surface area contributed by atoms with E-state index in [2.05, 4.69) is 0 Å². The number of urea groups is 1. The molecular formula is C4H15N6O2P. The summed E-state index contributed by atoms with van der Waals surface area (Å²) in [7, 11) is -0.874. The van der Waals surface area contributed by atoms with E-state index in [1.807, 2.05) is 0 Å². The van der Waals surface area contributed by atoms with Gasteiger partial charge < -0.3 is 4.90 Å². The molecule has 0 aromatic carbocycles. The predicted octanol–water partition coefficient (Wildman–Crippen LogP) is -1.80. The SMILES string of the molecule is CN(C)C(=O)N(C(N)N)P(N)(N)=O. The van der Waals surface area contributed by atoms with Crippen LogP contribution in [0.1, 0.15) is 0 Å². The Morgan fingerprint density at radius 2 is 1.69 bits per heavy atom. The van der Waals surface area contributed by atoms with Crippen LogP contribution in [0.15, 0.2) is 0 Å². The summed E-state index contributed by atoms with van der Waals surface area (Å²) in [6, 6.07) is -0.691. The van der Waals surface area contributed by atoms with Crippen LogP contribution in [0.4, 0.5) is 4.79 Å². The van der Waals surface area contributed by atoms with Crippen molar-refractivity contribution in [3.05, 3.63) is 0 Å². The second kappa shape index (κ2) is 4.03. The van der Waals surface area contributed by atoms with Gasteiger partial charge >= 0.3 is 13.6 Å². The minimum Gasteiger partial charge on any atom is -0.330 e. The molecule has 0 spiro atoms. The minimum absolute atomic E-state index is 0.549. The van der Waals surface area contributed by atoms with E-state index in [9.17, 15) is 9.36 Å². The van der Waals surface area contributed by atoms with Crippen molar-refractivity contribution in [3.63, 3.8) is 0 Å². The first-order valence-electron chi connectivity index (χ1n) is 3.37. The van der Waals surface area contributed by atoms with Crippen molar-refractivity contribution in [2.24, 2.45) is 22.5 Å². The van der Waals surface area contributed by atoms with Gasteiger partial charge in [0.2, 0.25) is 0 Å². The van der Waals surface area contributed by atoms with Crippen LogP contribution in [0, 0.1) is 0 Å². The minimum atomic E-state index is -3.75. The van der Waals surface area contributed by atoms with Crippen LogP contribution in [0.3, 0.4) is 0 Å². The zero-order chi connectivity index (χ0) is 10.8. The largest absolute Gasteiger partial charge is 0.330 e. The normalized spacial score (nSPS) is 11.6. The van der Waals surface area contributed by atoms with Crippen LogP contribution in [-0.2, 0) is 4.57 Å². The molecule has 78 valence electrons. The lowest BCUT2D eigenvalue weighted by Gasteiger charge is -2.30. The van der Waals surface area contributed by atoms with Crippen molar-refractivity contribution < 1.29 is 9.36 Å². The molecule has 0 aliphatic rings. The highest BCUT2D eigenvalue weighted by Crippen LogP contribution is 2.32. The molecule has 2 amide bonds. The Balaban J connectivity index is 4.84. The topological polar surface area (TPSA) is 145 Å². The summed E-state index contributed by atoms with van der Waals surface area (Å²) in [5, 5.41) is 0. The molecule has 0 aliphatic carbocycles. The van der Waals surface area contributed by atoms with Crippen molar-refractivity contribution in [1.29, 1.82) is 0 Å². The summed E-state index contributed by atoms with van der Waals surface area (Å²) in [5.74, 6) is 0. The molecule has 9 heteroatoms. The first-order valence-corrected chi connectivity index (χ1v) is 5.17. The van der Waals surface area contributed by atoms with Crippen LogP contribution in [-0.4, -0.2) is 36.0 Å². The van der Waals surface area contributed by atoms with Crippen LogP contribution in [0.25, 0.3) is 0 Å². The predicted molar refractivity (Wildman–Crippen MR) is 49.1 cm³/mol. The highest BCUT2D eigenvalue weighted by atomic mass is 31.2. The van der Waals surface area contributed by atoms with Gasteiger partial charge in [-0.1, -0.05) is 0 Å². The average Bonchev–Trinajstić information content (AvgIpc) is 1.82. The van der Waals surface area contributed by atoms with Gasteiger partial charge in [-0.3, -0.25) is 27.0 Å². The van der Waals surface area contributed by atoms with Gasteiger partial charge in [-0.15, -0.1) is 0 Å². The summed E-state index contributed by atoms with van der Waals surface area (Å²) in [6.07, 6.45) is -1.28. The Morgan fingerprint density at radius 1 is 1.31 bits per heavy atom. The lowest BCUT2D eigenvalue weighted by Crippen LogP contribution is -2.54. The molecule has 0 saturated heterocycles. The van der Waals surface area contributed by atoms with Gasteiger partial charge in [0, 0.05) is 14.1 Å². The number of rotatable bonds is 2. The van der Waals surface area contributed by atoms with E-state index in [0.717, 1.165) is 4.90 Å². The second-order valence-corrected chi connectivity index (χ2v) is 4.46. The van der Waals surface area contributed by atoms with Crippen LogP contribution in [0.2, 0.25) is 0 Å². The molecule has 8 N–H and O–H groups in total. The Bertz CT molecular complexity index is 235. The third kappa shape index (κ3) is 3.29. The molecule has 0 rings (SSSR count). The Labute approximate surface area is 76.3 Å². The number of hydrogen-bond donors (Lipinski definition) is 4. The van der Waals surface area contributed by atoms with E-state index in [0.29, 0.717) is 4.67 Å². The Hall–Kier alpha value is -0.660. The van der Waals surface area contributed by atoms with E-state index in [1.54, 1.807) is 0 Å². The highest BCUT2D eigenvalue weighted by molar-refractivity contribution is 7.57. The molecule has 0 saturated carbocycles. The molecule has 0 aromatic rings. The van der Waals surface area contributed by atoms with Crippen molar-refractivity contribution in [2.45, 2.75) is 6.29 Å². The number of hydrogen-bond acceptors (Lipinski definition) is 4. The highest BCUT2D eigenvalue weighted by Gasteiger charge is 2.31. The zero-order valence-corrected chi connectivity index (χ0v) is 8.44. The van der Waals surface area contributed by atoms with Crippen molar-refractivity contribution in [1.82, 2.24) is 9.57 Å². The van der Waals surface area contributed by atoms with Gasteiger partial charge in [0.25, 0.3) is 0 Å². The maximum absolute atomic E-state index is 11.3. The van der Waals surface area contributed by atoms with E-state index >= 15 is 0 Å². The molecule has 0 fully saturated rings. The van der Waals surface area contributed by atoms with E-state index in [4.69, 9.17) is 22.5 Å². The fourth-order valence-corrected chi connectivity index (χ4v) is 1.54. The van der Waals surface area contributed by atoms with Crippen molar-refractivity contribution in [3.8, 4) is 0 Å². The van der Waals surface area contributed by atoms with Gasteiger partial charge in [-0.25, -0.2) is 9.46 Å². The molecule has 0 heterocycles. The van der Waals surface area contributed by atoms with Crippen LogP contribution in [0.5, 0.6) is 0 Å².